The van der Waals surface area contributed by atoms with Gasteiger partial charge in [0.1, 0.15) is 0 Å². The lowest BCUT2D eigenvalue weighted by Gasteiger charge is -2.03. The highest BCUT2D eigenvalue weighted by atomic mass is 16.3. The minimum absolute atomic E-state index is 0.531. The van der Waals surface area contributed by atoms with Crippen LogP contribution >= 0.6 is 0 Å². The SMILES string of the molecule is CNc1nccc([C@H](C)O)n1. The maximum atomic E-state index is 9.13. The van der Waals surface area contributed by atoms with Crippen LogP contribution in [0.15, 0.2) is 12.3 Å². The highest BCUT2D eigenvalue weighted by molar-refractivity contribution is 5.24. The molecule has 0 aliphatic carbocycles. The molecule has 1 aromatic heterocycles. The Kier molecular flexibility index (Phi) is 2.38. The van der Waals surface area contributed by atoms with Crippen LogP contribution in [0.3, 0.4) is 0 Å². The average molecular weight is 153 g/mol. The molecular formula is C7H11N3O. The van der Waals surface area contributed by atoms with E-state index in [0.29, 0.717) is 11.6 Å². The topological polar surface area (TPSA) is 58.0 Å². The van der Waals surface area contributed by atoms with Crippen molar-refractivity contribution in [2.45, 2.75) is 13.0 Å². The van der Waals surface area contributed by atoms with E-state index < -0.39 is 6.10 Å². The Bertz CT molecular complexity index is 237. The average Bonchev–Trinajstić information content (AvgIpc) is 2.05. The van der Waals surface area contributed by atoms with E-state index in [2.05, 4.69) is 15.3 Å². The van der Waals surface area contributed by atoms with E-state index in [4.69, 9.17) is 5.11 Å². The first-order valence-electron chi connectivity index (χ1n) is 3.43. The lowest BCUT2D eigenvalue weighted by atomic mass is 10.3. The number of aliphatic hydroxyl groups is 1. The van der Waals surface area contributed by atoms with Crippen molar-refractivity contribution in [2.24, 2.45) is 0 Å². The Morgan fingerprint density at radius 3 is 2.91 bits per heavy atom. The minimum Gasteiger partial charge on any atom is -0.387 e. The number of rotatable bonds is 2. The zero-order valence-electron chi connectivity index (χ0n) is 6.57. The van der Waals surface area contributed by atoms with Crippen LogP contribution < -0.4 is 5.32 Å². The van der Waals surface area contributed by atoms with Gasteiger partial charge in [-0.3, -0.25) is 0 Å². The largest absolute Gasteiger partial charge is 0.387 e. The van der Waals surface area contributed by atoms with Crippen LogP contribution in [0.2, 0.25) is 0 Å². The fraction of sp³-hybridized carbons (Fsp3) is 0.429. The molecule has 0 saturated heterocycles. The number of anilines is 1. The lowest BCUT2D eigenvalue weighted by Crippen LogP contribution is -2.01. The maximum absolute atomic E-state index is 9.13. The van der Waals surface area contributed by atoms with E-state index in [-0.39, 0.29) is 0 Å². The Morgan fingerprint density at radius 1 is 1.64 bits per heavy atom. The summed E-state index contributed by atoms with van der Waals surface area (Å²) in [4.78, 5) is 7.93. The third kappa shape index (κ3) is 1.88. The number of aromatic nitrogens is 2. The van der Waals surface area contributed by atoms with Crippen molar-refractivity contribution in [1.82, 2.24) is 9.97 Å². The zero-order chi connectivity index (χ0) is 8.27. The summed E-state index contributed by atoms with van der Waals surface area (Å²) in [6, 6.07) is 1.69. The molecule has 1 atom stereocenters. The molecule has 2 N–H and O–H groups in total. The highest BCUT2D eigenvalue weighted by Crippen LogP contribution is 2.08. The molecule has 0 unspecified atom stereocenters. The smallest absolute Gasteiger partial charge is 0.222 e. The molecule has 0 aromatic carbocycles. The summed E-state index contributed by atoms with van der Waals surface area (Å²) in [6.07, 6.45) is 1.08. The van der Waals surface area contributed by atoms with Crippen molar-refractivity contribution >= 4 is 5.95 Å². The summed E-state index contributed by atoms with van der Waals surface area (Å²) in [7, 11) is 1.74. The first-order chi connectivity index (χ1) is 5.24. The summed E-state index contributed by atoms with van der Waals surface area (Å²) < 4.78 is 0. The quantitative estimate of drug-likeness (QED) is 0.652. The molecule has 1 rings (SSSR count). The van der Waals surface area contributed by atoms with Crippen LogP contribution in [-0.2, 0) is 0 Å². The predicted octanol–water partition coefficient (Wildman–Crippen LogP) is 0.572. The summed E-state index contributed by atoms with van der Waals surface area (Å²) in [5, 5.41) is 11.9. The van der Waals surface area contributed by atoms with E-state index >= 15 is 0 Å². The molecule has 11 heavy (non-hydrogen) atoms. The van der Waals surface area contributed by atoms with Crippen molar-refractivity contribution in [3.05, 3.63) is 18.0 Å². The van der Waals surface area contributed by atoms with Crippen molar-refractivity contribution in [1.29, 1.82) is 0 Å². The molecule has 0 aliphatic rings. The fourth-order valence-electron chi connectivity index (χ4n) is 0.726. The molecule has 0 saturated carbocycles. The Balaban J connectivity index is 2.91. The first-order valence-corrected chi connectivity index (χ1v) is 3.43. The Morgan fingerprint density at radius 2 is 2.36 bits per heavy atom. The van der Waals surface area contributed by atoms with Crippen molar-refractivity contribution in [3.63, 3.8) is 0 Å². The molecule has 4 nitrogen and oxygen atoms in total. The first kappa shape index (κ1) is 7.94. The summed E-state index contributed by atoms with van der Waals surface area (Å²) in [5.74, 6) is 0.531. The molecule has 0 bridgehead atoms. The summed E-state index contributed by atoms with van der Waals surface area (Å²) in [5.41, 5.74) is 0.629. The fourth-order valence-corrected chi connectivity index (χ4v) is 0.726. The second-order valence-electron chi connectivity index (χ2n) is 2.23. The van der Waals surface area contributed by atoms with E-state index in [1.165, 1.54) is 0 Å². The van der Waals surface area contributed by atoms with Crippen LogP contribution in [0, 0.1) is 0 Å². The van der Waals surface area contributed by atoms with Gasteiger partial charge in [-0.2, -0.15) is 0 Å². The van der Waals surface area contributed by atoms with Gasteiger partial charge in [0.2, 0.25) is 5.95 Å². The Labute approximate surface area is 65.3 Å². The van der Waals surface area contributed by atoms with Gasteiger partial charge in [0.05, 0.1) is 11.8 Å². The zero-order valence-corrected chi connectivity index (χ0v) is 6.57. The molecular weight excluding hydrogens is 142 g/mol. The molecule has 4 heteroatoms. The van der Waals surface area contributed by atoms with Gasteiger partial charge in [0.15, 0.2) is 0 Å². The monoisotopic (exact) mass is 153 g/mol. The molecule has 0 radical (unpaired) electrons. The van der Waals surface area contributed by atoms with Crippen molar-refractivity contribution < 1.29 is 5.11 Å². The van der Waals surface area contributed by atoms with Crippen LogP contribution in [-0.4, -0.2) is 22.1 Å². The molecule has 0 amide bonds. The van der Waals surface area contributed by atoms with Gasteiger partial charge in [-0.1, -0.05) is 0 Å². The normalized spacial score (nSPS) is 12.6. The van der Waals surface area contributed by atoms with Gasteiger partial charge in [0.25, 0.3) is 0 Å². The number of nitrogens with one attached hydrogen (secondary N) is 1. The third-order valence-corrected chi connectivity index (χ3v) is 1.33. The Hall–Kier alpha value is -1.16. The van der Waals surface area contributed by atoms with E-state index in [1.54, 1.807) is 26.2 Å². The van der Waals surface area contributed by atoms with E-state index in [9.17, 15) is 0 Å². The minimum atomic E-state index is -0.537. The van der Waals surface area contributed by atoms with Crippen molar-refractivity contribution in [2.75, 3.05) is 12.4 Å². The number of hydrogen-bond donors (Lipinski definition) is 2. The second-order valence-corrected chi connectivity index (χ2v) is 2.23. The predicted molar refractivity (Wildman–Crippen MR) is 42.2 cm³/mol. The van der Waals surface area contributed by atoms with E-state index in [0.717, 1.165) is 0 Å². The van der Waals surface area contributed by atoms with Crippen molar-refractivity contribution in [3.8, 4) is 0 Å². The third-order valence-electron chi connectivity index (χ3n) is 1.33. The molecule has 60 valence electrons. The highest BCUT2D eigenvalue weighted by Gasteiger charge is 2.02. The van der Waals surface area contributed by atoms with Crippen LogP contribution in [0.4, 0.5) is 5.95 Å². The number of hydrogen-bond acceptors (Lipinski definition) is 4. The van der Waals surface area contributed by atoms with Gasteiger partial charge in [-0.05, 0) is 13.0 Å². The molecule has 0 aliphatic heterocycles. The molecule has 0 fully saturated rings. The van der Waals surface area contributed by atoms with Gasteiger partial charge >= 0.3 is 0 Å². The summed E-state index contributed by atoms with van der Waals surface area (Å²) in [6.45, 7) is 1.67. The van der Waals surface area contributed by atoms with E-state index in [1.807, 2.05) is 0 Å². The number of nitrogens with zero attached hydrogens (tertiary/aromatic N) is 2. The van der Waals surface area contributed by atoms with Gasteiger partial charge in [0, 0.05) is 13.2 Å². The van der Waals surface area contributed by atoms with Gasteiger partial charge in [-0.25, -0.2) is 9.97 Å². The molecule has 1 aromatic rings. The maximum Gasteiger partial charge on any atom is 0.222 e. The van der Waals surface area contributed by atoms with Crippen LogP contribution in [0.25, 0.3) is 0 Å². The molecule has 1 heterocycles. The van der Waals surface area contributed by atoms with Crippen LogP contribution in [0.1, 0.15) is 18.7 Å². The second kappa shape index (κ2) is 3.30. The van der Waals surface area contributed by atoms with Gasteiger partial charge < -0.3 is 10.4 Å². The van der Waals surface area contributed by atoms with Crippen LogP contribution in [0.5, 0.6) is 0 Å². The summed E-state index contributed by atoms with van der Waals surface area (Å²) >= 11 is 0. The van der Waals surface area contributed by atoms with Gasteiger partial charge in [-0.15, -0.1) is 0 Å². The number of aliphatic hydroxyl groups excluding tert-OH is 1. The standard InChI is InChI=1S/C7H11N3O/c1-5(11)6-3-4-9-7(8-2)10-6/h3-5,11H,1-2H3,(H,8,9,10)/t5-/m0/s1. The lowest BCUT2D eigenvalue weighted by molar-refractivity contribution is 0.194. The molecule has 0 spiro atoms.